The largest absolute Gasteiger partial charge is 0.394 e. The Bertz CT molecular complexity index is 525. The molecule has 1 aliphatic heterocycles. The minimum absolute atomic E-state index is 0.0883. The van der Waals surface area contributed by atoms with Gasteiger partial charge < -0.3 is 40.3 Å². The average Bonchev–Trinajstić information content (AvgIpc) is 2.94. The van der Waals surface area contributed by atoms with Gasteiger partial charge in [0.05, 0.1) is 19.3 Å². The van der Waals surface area contributed by atoms with Gasteiger partial charge in [0.1, 0.15) is 24.4 Å². The Morgan fingerprint density at radius 1 is 0.641 bits per heavy atom. The summed E-state index contributed by atoms with van der Waals surface area (Å²) in [4.78, 5) is 0. The third kappa shape index (κ3) is 18.7. The second kappa shape index (κ2) is 25.4. The van der Waals surface area contributed by atoms with Crippen LogP contribution in [0.1, 0.15) is 135 Å². The molecule has 0 radical (unpaired) electrons. The minimum Gasteiger partial charge on any atom is -0.394 e. The van der Waals surface area contributed by atoms with Gasteiger partial charge in [-0.1, -0.05) is 129 Å². The van der Waals surface area contributed by atoms with Crippen molar-refractivity contribution in [3.8, 4) is 0 Å². The number of aliphatic hydroxyl groups excluding tert-OH is 5. The first-order valence-corrected chi connectivity index (χ1v) is 16.3. The Hall–Kier alpha value is -0.320. The van der Waals surface area contributed by atoms with Crippen LogP contribution in [0.3, 0.4) is 0 Å². The Labute approximate surface area is 238 Å². The highest BCUT2D eigenvalue weighted by molar-refractivity contribution is 4.89. The summed E-state index contributed by atoms with van der Waals surface area (Å²) in [5.74, 6) is 0. The fourth-order valence-corrected chi connectivity index (χ4v) is 5.24. The van der Waals surface area contributed by atoms with Gasteiger partial charge >= 0.3 is 0 Å². The van der Waals surface area contributed by atoms with Crippen molar-refractivity contribution < 1.29 is 35.0 Å². The number of unbranched alkanes of at least 4 members (excludes halogenated alkanes) is 19. The smallest absolute Gasteiger partial charge is 0.186 e. The molecule has 0 aliphatic carbocycles. The van der Waals surface area contributed by atoms with Crippen molar-refractivity contribution in [2.24, 2.45) is 0 Å². The van der Waals surface area contributed by atoms with Crippen molar-refractivity contribution in [3.63, 3.8) is 0 Å². The van der Waals surface area contributed by atoms with Crippen LogP contribution in [-0.4, -0.2) is 88.6 Å². The molecular weight excluding hydrogens is 498 g/mol. The van der Waals surface area contributed by atoms with E-state index in [9.17, 15) is 25.5 Å². The third-order valence-electron chi connectivity index (χ3n) is 7.89. The van der Waals surface area contributed by atoms with Crippen LogP contribution in [0.2, 0.25) is 0 Å². The average molecular weight is 562 g/mol. The molecule has 1 rings (SSSR count). The SMILES string of the molecule is CCCCCCCCCCCCCCCCCCCCCCNCC(O)CO[C@H]1O[C@H](CO)[C@H](O)[C@H](O)[C@H]1O. The number of ether oxygens (including phenoxy) is 2. The first kappa shape index (κ1) is 36.7. The van der Waals surface area contributed by atoms with Gasteiger partial charge in [-0.2, -0.15) is 0 Å². The van der Waals surface area contributed by atoms with E-state index in [-0.39, 0.29) is 6.61 Å². The van der Waals surface area contributed by atoms with Gasteiger partial charge in [-0.05, 0) is 13.0 Å². The van der Waals surface area contributed by atoms with Gasteiger partial charge in [0.25, 0.3) is 0 Å². The van der Waals surface area contributed by atoms with E-state index >= 15 is 0 Å². The van der Waals surface area contributed by atoms with Crippen molar-refractivity contribution in [3.05, 3.63) is 0 Å². The van der Waals surface area contributed by atoms with Crippen LogP contribution in [0, 0.1) is 0 Å². The first-order chi connectivity index (χ1) is 19.0. The Balaban J connectivity index is 1.80. The molecule has 0 bridgehead atoms. The highest BCUT2D eigenvalue weighted by Gasteiger charge is 2.44. The molecule has 1 saturated heterocycles. The van der Waals surface area contributed by atoms with Crippen LogP contribution < -0.4 is 5.32 Å². The number of nitrogens with one attached hydrogen (secondary N) is 1. The highest BCUT2D eigenvalue weighted by atomic mass is 16.7. The van der Waals surface area contributed by atoms with Gasteiger partial charge in [0, 0.05) is 6.54 Å². The van der Waals surface area contributed by atoms with Gasteiger partial charge in [0.2, 0.25) is 0 Å². The fourth-order valence-electron chi connectivity index (χ4n) is 5.24. The molecule has 0 saturated carbocycles. The maximum atomic E-state index is 10.1. The van der Waals surface area contributed by atoms with Crippen molar-refractivity contribution in [1.82, 2.24) is 5.32 Å². The van der Waals surface area contributed by atoms with Gasteiger partial charge in [0.15, 0.2) is 6.29 Å². The van der Waals surface area contributed by atoms with E-state index < -0.39 is 43.4 Å². The number of hydrogen-bond acceptors (Lipinski definition) is 8. The molecule has 1 heterocycles. The maximum Gasteiger partial charge on any atom is 0.186 e. The van der Waals surface area contributed by atoms with Crippen LogP contribution in [0.25, 0.3) is 0 Å². The Kier molecular flexibility index (Phi) is 23.9. The van der Waals surface area contributed by atoms with Gasteiger partial charge in [-0.15, -0.1) is 0 Å². The number of hydrogen-bond donors (Lipinski definition) is 6. The fraction of sp³-hybridized carbons (Fsp3) is 1.00. The van der Waals surface area contributed by atoms with Crippen LogP contribution in [0.4, 0.5) is 0 Å². The molecule has 8 heteroatoms. The minimum atomic E-state index is -1.48. The summed E-state index contributed by atoms with van der Waals surface area (Å²) in [7, 11) is 0. The van der Waals surface area contributed by atoms with Gasteiger partial charge in [-0.25, -0.2) is 0 Å². The van der Waals surface area contributed by atoms with E-state index in [4.69, 9.17) is 9.47 Å². The molecule has 6 N–H and O–H groups in total. The lowest BCUT2D eigenvalue weighted by Gasteiger charge is -2.39. The summed E-state index contributed by atoms with van der Waals surface area (Å²) in [5.41, 5.74) is 0. The lowest BCUT2D eigenvalue weighted by Crippen LogP contribution is -2.59. The molecule has 6 atom stereocenters. The maximum absolute atomic E-state index is 10.1. The summed E-state index contributed by atoms with van der Waals surface area (Å²) in [6.07, 6.45) is 20.0. The topological polar surface area (TPSA) is 132 Å². The van der Waals surface area contributed by atoms with Crippen LogP contribution in [0.15, 0.2) is 0 Å². The number of aliphatic hydroxyl groups is 5. The molecule has 1 fully saturated rings. The molecule has 8 nitrogen and oxygen atoms in total. The van der Waals surface area contributed by atoms with E-state index in [1.807, 2.05) is 0 Å². The van der Waals surface area contributed by atoms with Crippen molar-refractivity contribution in [2.45, 2.75) is 172 Å². The zero-order valence-electron chi connectivity index (χ0n) is 25.0. The summed E-state index contributed by atoms with van der Waals surface area (Å²) >= 11 is 0. The van der Waals surface area contributed by atoms with Crippen molar-refractivity contribution in [1.29, 1.82) is 0 Å². The molecule has 0 aromatic carbocycles. The second-order valence-electron chi connectivity index (χ2n) is 11.6. The Morgan fingerprint density at radius 3 is 1.51 bits per heavy atom. The van der Waals surface area contributed by atoms with E-state index in [1.165, 1.54) is 122 Å². The summed E-state index contributed by atoms with van der Waals surface area (Å²) in [6.45, 7) is 2.87. The molecule has 1 unspecified atom stereocenters. The molecule has 0 spiro atoms. The molecule has 0 aromatic rings. The zero-order valence-corrected chi connectivity index (χ0v) is 25.0. The second-order valence-corrected chi connectivity index (χ2v) is 11.6. The third-order valence-corrected chi connectivity index (χ3v) is 7.89. The van der Waals surface area contributed by atoms with Crippen LogP contribution >= 0.6 is 0 Å². The molecular formula is C31H63NO7. The predicted molar refractivity (Wildman–Crippen MR) is 157 cm³/mol. The molecule has 0 amide bonds. The van der Waals surface area contributed by atoms with Crippen LogP contribution in [-0.2, 0) is 9.47 Å². The molecule has 1 aliphatic rings. The molecule has 0 aromatic heterocycles. The normalized spacial score (nSPS) is 24.3. The van der Waals surface area contributed by atoms with Crippen LogP contribution in [0.5, 0.6) is 0 Å². The quantitative estimate of drug-likeness (QED) is 0.0804. The van der Waals surface area contributed by atoms with E-state index in [2.05, 4.69) is 12.2 Å². The first-order valence-electron chi connectivity index (χ1n) is 16.3. The summed E-state index contributed by atoms with van der Waals surface area (Å²) in [5, 5.41) is 52.0. The van der Waals surface area contributed by atoms with E-state index in [0.717, 1.165) is 13.0 Å². The standard InChI is InChI=1S/C31H63NO7/c1-2-3-4-5-6-7-8-9-10-11-12-13-14-15-16-17-18-19-20-21-22-32-23-26(34)25-38-31-30(37)29(36)28(35)27(24-33)39-31/h26-37H,2-25H2,1H3/t26?,27-,28+,29+,30-,31+/m1/s1. The van der Waals surface area contributed by atoms with Gasteiger partial charge in [-0.3, -0.25) is 0 Å². The Morgan fingerprint density at radius 2 is 1.08 bits per heavy atom. The van der Waals surface area contributed by atoms with Crippen molar-refractivity contribution in [2.75, 3.05) is 26.3 Å². The summed E-state index contributed by atoms with van der Waals surface area (Å²) in [6, 6.07) is 0. The zero-order chi connectivity index (χ0) is 28.6. The monoisotopic (exact) mass is 561 g/mol. The van der Waals surface area contributed by atoms with Crippen molar-refractivity contribution >= 4 is 0 Å². The van der Waals surface area contributed by atoms with E-state index in [0.29, 0.717) is 6.54 Å². The van der Waals surface area contributed by atoms with E-state index in [1.54, 1.807) is 0 Å². The predicted octanol–water partition coefficient (Wildman–Crippen LogP) is 4.58. The molecule has 39 heavy (non-hydrogen) atoms. The highest BCUT2D eigenvalue weighted by Crippen LogP contribution is 2.22. The number of rotatable bonds is 27. The molecule has 234 valence electrons. The lowest BCUT2D eigenvalue weighted by molar-refractivity contribution is -0.304. The summed E-state index contributed by atoms with van der Waals surface area (Å²) < 4.78 is 10.6. The lowest BCUT2D eigenvalue weighted by atomic mass is 9.99.